The van der Waals surface area contributed by atoms with Crippen molar-refractivity contribution in [1.29, 1.82) is 0 Å². The molecule has 1 aliphatic rings. The van der Waals surface area contributed by atoms with Crippen molar-refractivity contribution >= 4 is 5.91 Å². The molecule has 8 nitrogen and oxygen atoms in total. The first-order valence-electron chi connectivity index (χ1n) is 8.65. The fourth-order valence-electron chi connectivity index (χ4n) is 2.68. The number of hydrogen-bond acceptors (Lipinski definition) is 6. The number of hydrogen-bond donors (Lipinski definition) is 1. The molecular formula is C16H30N6O2. The Labute approximate surface area is 143 Å². The molecule has 0 bridgehead atoms. The summed E-state index contributed by atoms with van der Waals surface area (Å²) in [5.74, 6) is 0.751. The topological polar surface area (TPSA) is 87.2 Å². The van der Waals surface area contributed by atoms with E-state index in [1.807, 2.05) is 14.0 Å². The van der Waals surface area contributed by atoms with Crippen molar-refractivity contribution in [2.24, 2.45) is 0 Å². The lowest BCUT2D eigenvalue weighted by Gasteiger charge is -2.32. The molecule has 1 aliphatic carbocycles. The van der Waals surface area contributed by atoms with Crippen molar-refractivity contribution in [3.8, 4) is 0 Å². The van der Waals surface area contributed by atoms with Crippen LogP contribution in [0.25, 0.3) is 0 Å². The highest BCUT2D eigenvalue weighted by Crippen LogP contribution is 2.29. The van der Waals surface area contributed by atoms with Gasteiger partial charge in [-0.05, 0) is 40.5 Å². The second kappa shape index (κ2) is 8.02. The summed E-state index contributed by atoms with van der Waals surface area (Å²) in [4.78, 5) is 16.7. The van der Waals surface area contributed by atoms with Crippen molar-refractivity contribution in [2.45, 2.75) is 64.6 Å². The van der Waals surface area contributed by atoms with Crippen molar-refractivity contribution in [3.05, 3.63) is 5.82 Å². The molecule has 1 fully saturated rings. The van der Waals surface area contributed by atoms with Crippen molar-refractivity contribution in [1.82, 2.24) is 30.4 Å². The lowest BCUT2D eigenvalue weighted by atomic mass is 10.2. The highest BCUT2D eigenvalue weighted by molar-refractivity contribution is 5.81. The molecule has 24 heavy (non-hydrogen) atoms. The second-order valence-electron chi connectivity index (χ2n) is 7.44. The highest BCUT2D eigenvalue weighted by atomic mass is 16.5. The number of tetrazole rings is 1. The van der Waals surface area contributed by atoms with Crippen molar-refractivity contribution in [2.75, 3.05) is 26.7 Å². The third kappa shape index (κ3) is 5.83. The van der Waals surface area contributed by atoms with E-state index in [4.69, 9.17) is 4.74 Å². The predicted octanol–water partition coefficient (Wildman–Crippen LogP) is 0.869. The number of aromatic nitrogens is 4. The van der Waals surface area contributed by atoms with Crippen LogP contribution in [-0.4, -0.2) is 80.8 Å². The van der Waals surface area contributed by atoms with Crippen LogP contribution >= 0.6 is 0 Å². The molecule has 2 rings (SSSR count). The first kappa shape index (κ1) is 18.8. The Hall–Kier alpha value is -1.54. The van der Waals surface area contributed by atoms with E-state index < -0.39 is 0 Å². The summed E-state index contributed by atoms with van der Waals surface area (Å²) in [5, 5.41) is 13.8. The van der Waals surface area contributed by atoms with Gasteiger partial charge in [-0.2, -0.15) is 5.21 Å². The van der Waals surface area contributed by atoms with Crippen LogP contribution in [0.15, 0.2) is 0 Å². The van der Waals surface area contributed by atoms with Crippen LogP contribution in [0.3, 0.4) is 0 Å². The first-order chi connectivity index (χ1) is 11.3. The molecule has 0 saturated heterocycles. The fourth-order valence-corrected chi connectivity index (χ4v) is 2.68. The molecule has 1 unspecified atom stereocenters. The number of nitrogens with one attached hydrogen (secondary N) is 1. The summed E-state index contributed by atoms with van der Waals surface area (Å²) in [5.41, 5.74) is -0.149. The van der Waals surface area contributed by atoms with E-state index in [0.717, 1.165) is 6.54 Å². The molecule has 1 N–H and O–H groups in total. The predicted molar refractivity (Wildman–Crippen MR) is 90.4 cm³/mol. The summed E-state index contributed by atoms with van der Waals surface area (Å²) in [6.45, 7) is 10.2. The van der Waals surface area contributed by atoms with E-state index in [9.17, 15) is 4.79 Å². The number of carbonyl (C=O) groups excluding carboxylic acids is 1. The van der Waals surface area contributed by atoms with E-state index in [0.29, 0.717) is 31.4 Å². The van der Waals surface area contributed by atoms with Gasteiger partial charge in [-0.1, -0.05) is 5.21 Å². The number of aromatic amines is 1. The van der Waals surface area contributed by atoms with Gasteiger partial charge in [0.2, 0.25) is 5.91 Å². The average molecular weight is 338 g/mol. The van der Waals surface area contributed by atoms with Gasteiger partial charge >= 0.3 is 0 Å². The molecule has 1 aromatic rings. The van der Waals surface area contributed by atoms with E-state index in [2.05, 4.69) is 46.3 Å². The first-order valence-corrected chi connectivity index (χ1v) is 8.65. The van der Waals surface area contributed by atoms with Crippen LogP contribution in [0.4, 0.5) is 0 Å². The number of H-pyrrole nitrogens is 1. The molecule has 0 aromatic carbocycles. The summed E-state index contributed by atoms with van der Waals surface area (Å²) in [6, 6.07) is 0.370. The Morgan fingerprint density at radius 3 is 2.62 bits per heavy atom. The van der Waals surface area contributed by atoms with Gasteiger partial charge < -0.3 is 9.64 Å². The largest absolute Gasteiger partial charge is 0.375 e. The number of rotatable bonds is 9. The maximum atomic E-state index is 12.7. The molecule has 1 aromatic heterocycles. The van der Waals surface area contributed by atoms with Crippen LogP contribution in [0.5, 0.6) is 0 Å². The number of ether oxygens (including phenoxy) is 1. The Kier molecular flexibility index (Phi) is 6.28. The van der Waals surface area contributed by atoms with Gasteiger partial charge in [0.25, 0.3) is 0 Å². The minimum absolute atomic E-state index is 0.126. The van der Waals surface area contributed by atoms with Gasteiger partial charge in [0.15, 0.2) is 5.82 Å². The van der Waals surface area contributed by atoms with Crippen LogP contribution in [-0.2, 0) is 16.0 Å². The summed E-state index contributed by atoms with van der Waals surface area (Å²) in [7, 11) is 1.83. The number of carbonyl (C=O) groups is 1. The molecule has 0 radical (unpaired) electrons. The van der Waals surface area contributed by atoms with Gasteiger partial charge in [-0.25, -0.2) is 0 Å². The maximum Gasteiger partial charge on any atom is 0.239 e. The standard InChI is InChI=1S/C16H30N6O2/c1-12(15(23)21(5)9-8-14-17-19-20-18-14)22(13-6-7-13)10-11-24-16(2,3)4/h12-13H,6-11H2,1-5H3,(H,17,18,19,20). The summed E-state index contributed by atoms with van der Waals surface area (Å²) in [6.07, 6.45) is 2.93. The quantitative estimate of drug-likeness (QED) is 0.719. The van der Waals surface area contributed by atoms with E-state index in [1.165, 1.54) is 12.8 Å². The Balaban J connectivity index is 1.83. The normalized spacial score (nSPS) is 16.4. The van der Waals surface area contributed by atoms with Crippen LogP contribution in [0.1, 0.15) is 46.4 Å². The summed E-state index contributed by atoms with van der Waals surface area (Å²) >= 11 is 0. The lowest BCUT2D eigenvalue weighted by Crippen LogP contribution is -2.48. The van der Waals surface area contributed by atoms with Gasteiger partial charge in [0.05, 0.1) is 18.2 Å². The third-order valence-electron chi connectivity index (χ3n) is 4.19. The number of nitrogens with zero attached hydrogens (tertiary/aromatic N) is 5. The maximum absolute atomic E-state index is 12.7. The van der Waals surface area contributed by atoms with Crippen LogP contribution < -0.4 is 0 Å². The second-order valence-corrected chi connectivity index (χ2v) is 7.44. The average Bonchev–Trinajstić information content (AvgIpc) is 3.21. The molecule has 1 atom stereocenters. The zero-order valence-corrected chi connectivity index (χ0v) is 15.4. The van der Waals surface area contributed by atoms with Crippen LogP contribution in [0.2, 0.25) is 0 Å². The highest BCUT2D eigenvalue weighted by Gasteiger charge is 2.35. The van der Waals surface area contributed by atoms with Crippen molar-refractivity contribution < 1.29 is 9.53 Å². The van der Waals surface area contributed by atoms with Crippen molar-refractivity contribution in [3.63, 3.8) is 0 Å². The Bertz CT molecular complexity index is 509. The monoisotopic (exact) mass is 338 g/mol. The SMILES string of the molecule is CC(C(=O)N(C)CCc1nn[nH]n1)N(CCOC(C)(C)C)C1CC1. The zero-order valence-electron chi connectivity index (χ0n) is 15.4. The van der Waals surface area contributed by atoms with E-state index >= 15 is 0 Å². The fraction of sp³-hybridized carbons (Fsp3) is 0.875. The number of amides is 1. The van der Waals surface area contributed by atoms with Gasteiger partial charge in [0, 0.05) is 32.6 Å². The molecule has 0 aliphatic heterocycles. The molecule has 0 spiro atoms. The minimum Gasteiger partial charge on any atom is -0.375 e. The minimum atomic E-state index is -0.149. The smallest absolute Gasteiger partial charge is 0.239 e. The zero-order chi connectivity index (χ0) is 17.7. The molecule has 8 heteroatoms. The van der Waals surface area contributed by atoms with E-state index in [-0.39, 0.29) is 17.6 Å². The van der Waals surface area contributed by atoms with Crippen LogP contribution in [0, 0.1) is 0 Å². The molecule has 1 heterocycles. The Morgan fingerprint density at radius 2 is 2.08 bits per heavy atom. The third-order valence-corrected chi connectivity index (χ3v) is 4.19. The van der Waals surface area contributed by atoms with E-state index in [1.54, 1.807) is 4.90 Å². The summed E-state index contributed by atoms with van der Waals surface area (Å²) < 4.78 is 5.83. The van der Waals surface area contributed by atoms with Gasteiger partial charge in [-0.15, -0.1) is 10.2 Å². The molecular weight excluding hydrogens is 308 g/mol. The molecule has 1 saturated carbocycles. The lowest BCUT2D eigenvalue weighted by molar-refractivity contribution is -0.135. The van der Waals surface area contributed by atoms with Gasteiger partial charge in [-0.3, -0.25) is 9.69 Å². The number of likely N-dealkylation sites (N-methyl/N-ethyl adjacent to an activating group) is 1. The van der Waals surface area contributed by atoms with Gasteiger partial charge in [0.1, 0.15) is 0 Å². The molecule has 136 valence electrons. The molecule has 1 amide bonds. The Morgan fingerprint density at radius 1 is 1.38 bits per heavy atom.